The second-order valence-corrected chi connectivity index (χ2v) is 8.96. The summed E-state index contributed by atoms with van der Waals surface area (Å²) in [6.07, 6.45) is 3.01. The molecule has 3 heterocycles. The van der Waals surface area contributed by atoms with Gasteiger partial charge in [-0.25, -0.2) is 4.68 Å². The van der Waals surface area contributed by atoms with Gasteiger partial charge in [-0.1, -0.05) is 23.4 Å². The van der Waals surface area contributed by atoms with Crippen molar-refractivity contribution in [2.75, 3.05) is 26.2 Å². The van der Waals surface area contributed by atoms with Crippen molar-refractivity contribution in [2.45, 2.75) is 63.7 Å². The fourth-order valence-corrected chi connectivity index (χ4v) is 4.75. The van der Waals surface area contributed by atoms with Crippen LogP contribution in [0.4, 0.5) is 13.2 Å². The van der Waals surface area contributed by atoms with Crippen molar-refractivity contribution >= 4 is 5.91 Å². The molecule has 2 fully saturated rings. The second kappa shape index (κ2) is 9.60. The summed E-state index contributed by atoms with van der Waals surface area (Å²) in [4.78, 5) is 16.8. The van der Waals surface area contributed by atoms with E-state index in [9.17, 15) is 18.0 Å². The summed E-state index contributed by atoms with van der Waals surface area (Å²) in [5.41, 5.74) is 0.515. The maximum atomic E-state index is 13.0. The lowest BCUT2D eigenvalue weighted by molar-refractivity contribution is -0.137. The zero-order valence-corrected chi connectivity index (χ0v) is 18.4. The van der Waals surface area contributed by atoms with Crippen molar-refractivity contribution in [2.24, 2.45) is 0 Å². The van der Waals surface area contributed by atoms with Crippen LogP contribution in [-0.2, 0) is 12.6 Å². The van der Waals surface area contributed by atoms with E-state index in [0.717, 1.165) is 57.9 Å². The standard InChI is InChI=1S/C23H30F3N5O/c1-17(14-18-6-5-7-19(15-18)23(24,25)26)29-12-8-20(9-13-29)31-16-21(27-28-31)22(32)30-10-3-2-4-11-30/h5-7,15-17,20H,2-4,8-14H2,1H3/t17-/m0/s1. The number of piperidine rings is 2. The molecule has 6 nitrogen and oxygen atoms in total. The first-order chi connectivity index (χ1) is 15.3. The molecule has 9 heteroatoms. The molecule has 0 N–H and O–H groups in total. The Morgan fingerprint density at radius 2 is 1.84 bits per heavy atom. The molecule has 0 aliphatic carbocycles. The van der Waals surface area contributed by atoms with E-state index in [1.165, 1.54) is 18.6 Å². The number of hydrogen-bond donors (Lipinski definition) is 0. The largest absolute Gasteiger partial charge is 0.416 e. The van der Waals surface area contributed by atoms with E-state index in [2.05, 4.69) is 22.1 Å². The predicted octanol–water partition coefficient (Wildman–Crippen LogP) is 4.19. The summed E-state index contributed by atoms with van der Waals surface area (Å²) in [6.45, 7) is 5.30. The van der Waals surface area contributed by atoms with Crippen LogP contribution in [0.1, 0.15) is 66.7 Å². The van der Waals surface area contributed by atoms with Crippen LogP contribution in [0.5, 0.6) is 0 Å². The molecule has 1 aromatic carbocycles. The van der Waals surface area contributed by atoms with E-state index < -0.39 is 11.7 Å². The number of rotatable bonds is 5. The van der Waals surface area contributed by atoms with E-state index in [-0.39, 0.29) is 18.0 Å². The summed E-state index contributed by atoms with van der Waals surface area (Å²) in [7, 11) is 0. The van der Waals surface area contributed by atoms with Gasteiger partial charge in [-0.05, 0) is 57.1 Å². The zero-order valence-electron chi connectivity index (χ0n) is 18.4. The average molecular weight is 450 g/mol. The van der Waals surface area contributed by atoms with E-state index in [1.807, 2.05) is 9.58 Å². The topological polar surface area (TPSA) is 54.3 Å². The summed E-state index contributed by atoms with van der Waals surface area (Å²) in [6, 6.07) is 5.93. The Balaban J connectivity index is 1.30. The molecule has 4 rings (SSSR count). The molecule has 2 aromatic rings. The highest BCUT2D eigenvalue weighted by Crippen LogP contribution is 2.30. The van der Waals surface area contributed by atoms with E-state index in [4.69, 9.17) is 0 Å². The highest BCUT2D eigenvalue weighted by molar-refractivity contribution is 5.91. The Labute approximate surface area is 186 Å². The molecule has 0 bridgehead atoms. The maximum Gasteiger partial charge on any atom is 0.416 e. The average Bonchev–Trinajstić information content (AvgIpc) is 3.29. The van der Waals surface area contributed by atoms with Crippen LogP contribution in [0.3, 0.4) is 0 Å². The third kappa shape index (κ3) is 5.31. The normalized spacial score (nSPS) is 19.8. The molecule has 1 aromatic heterocycles. The molecular formula is C23H30F3N5O. The van der Waals surface area contributed by atoms with E-state index in [0.29, 0.717) is 17.7 Å². The number of benzene rings is 1. The van der Waals surface area contributed by atoms with Gasteiger partial charge in [0.2, 0.25) is 0 Å². The molecule has 174 valence electrons. The van der Waals surface area contributed by atoms with Gasteiger partial charge in [-0.2, -0.15) is 13.2 Å². The van der Waals surface area contributed by atoms with Gasteiger partial charge >= 0.3 is 6.18 Å². The van der Waals surface area contributed by atoms with Gasteiger partial charge in [-0.15, -0.1) is 5.10 Å². The van der Waals surface area contributed by atoms with E-state index in [1.54, 1.807) is 12.3 Å². The van der Waals surface area contributed by atoms with Crippen LogP contribution in [0, 0.1) is 0 Å². The van der Waals surface area contributed by atoms with Crippen LogP contribution in [-0.4, -0.2) is 62.9 Å². The molecular weight excluding hydrogens is 419 g/mol. The van der Waals surface area contributed by atoms with Crippen LogP contribution in [0.2, 0.25) is 0 Å². The second-order valence-electron chi connectivity index (χ2n) is 8.96. The van der Waals surface area contributed by atoms with Gasteiger partial charge < -0.3 is 9.80 Å². The highest BCUT2D eigenvalue weighted by atomic mass is 19.4. The van der Waals surface area contributed by atoms with Crippen LogP contribution < -0.4 is 0 Å². The Morgan fingerprint density at radius 1 is 1.12 bits per heavy atom. The number of hydrogen-bond acceptors (Lipinski definition) is 4. The molecule has 0 saturated carbocycles. The Bertz CT molecular complexity index is 914. The minimum Gasteiger partial charge on any atom is -0.337 e. The first-order valence-corrected chi connectivity index (χ1v) is 11.4. The molecule has 2 saturated heterocycles. The van der Waals surface area contributed by atoms with Gasteiger partial charge in [0, 0.05) is 32.2 Å². The van der Waals surface area contributed by atoms with Gasteiger partial charge in [0.15, 0.2) is 5.69 Å². The number of carbonyl (C=O) groups excluding carboxylic acids is 1. The maximum absolute atomic E-state index is 13.0. The third-order valence-corrected chi connectivity index (χ3v) is 6.65. The quantitative estimate of drug-likeness (QED) is 0.687. The van der Waals surface area contributed by atoms with Crippen molar-refractivity contribution in [3.63, 3.8) is 0 Å². The highest BCUT2D eigenvalue weighted by Gasteiger charge is 2.31. The van der Waals surface area contributed by atoms with Crippen molar-refractivity contribution in [3.05, 3.63) is 47.3 Å². The van der Waals surface area contributed by atoms with Crippen molar-refractivity contribution in [3.8, 4) is 0 Å². The number of alkyl halides is 3. The van der Waals surface area contributed by atoms with Crippen LogP contribution in [0.15, 0.2) is 30.5 Å². The number of nitrogens with zero attached hydrogens (tertiary/aromatic N) is 5. The van der Waals surface area contributed by atoms with Crippen LogP contribution in [0.25, 0.3) is 0 Å². The zero-order chi connectivity index (χ0) is 22.7. The smallest absolute Gasteiger partial charge is 0.337 e. The minimum absolute atomic E-state index is 0.0388. The summed E-state index contributed by atoms with van der Waals surface area (Å²) in [5, 5.41) is 8.34. The monoisotopic (exact) mass is 449 g/mol. The molecule has 0 spiro atoms. The van der Waals surface area contributed by atoms with E-state index >= 15 is 0 Å². The Morgan fingerprint density at radius 3 is 2.53 bits per heavy atom. The lowest BCUT2D eigenvalue weighted by Crippen LogP contribution is -2.41. The van der Waals surface area contributed by atoms with Gasteiger partial charge in [0.1, 0.15) is 0 Å². The van der Waals surface area contributed by atoms with Crippen molar-refractivity contribution in [1.29, 1.82) is 0 Å². The van der Waals surface area contributed by atoms with Gasteiger partial charge in [0.05, 0.1) is 17.8 Å². The fraction of sp³-hybridized carbons (Fsp3) is 0.609. The molecule has 32 heavy (non-hydrogen) atoms. The first kappa shape index (κ1) is 22.8. The predicted molar refractivity (Wildman–Crippen MR) is 114 cm³/mol. The molecule has 2 aliphatic rings. The van der Waals surface area contributed by atoms with Gasteiger partial charge in [0.25, 0.3) is 5.91 Å². The molecule has 0 radical (unpaired) electrons. The number of aromatic nitrogens is 3. The molecule has 0 unspecified atom stereocenters. The first-order valence-electron chi connectivity index (χ1n) is 11.4. The Kier molecular flexibility index (Phi) is 6.83. The van der Waals surface area contributed by atoms with Gasteiger partial charge in [-0.3, -0.25) is 4.79 Å². The SMILES string of the molecule is C[C@@H](Cc1cccc(C(F)(F)F)c1)N1CCC(n2cc(C(=O)N3CCCCC3)nn2)CC1. The lowest BCUT2D eigenvalue weighted by atomic mass is 9.99. The van der Waals surface area contributed by atoms with Crippen molar-refractivity contribution in [1.82, 2.24) is 24.8 Å². The summed E-state index contributed by atoms with van der Waals surface area (Å²) < 4.78 is 40.7. The third-order valence-electron chi connectivity index (χ3n) is 6.65. The summed E-state index contributed by atoms with van der Waals surface area (Å²) in [5.74, 6) is -0.0388. The number of likely N-dealkylation sites (tertiary alicyclic amines) is 2. The lowest BCUT2D eigenvalue weighted by Gasteiger charge is -2.36. The number of halogens is 3. The number of carbonyl (C=O) groups is 1. The molecule has 1 atom stereocenters. The fourth-order valence-electron chi connectivity index (χ4n) is 4.75. The summed E-state index contributed by atoms with van der Waals surface area (Å²) >= 11 is 0. The molecule has 1 amide bonds. The van der Waals surface area contributed by atoms with Crippen molar-refractivity contribution < 1.29 is 18.0 Å². The number of amides is 1. The Hall–Kier alpha value is -2.42. The molecule has 2 aliphatic heterocycles. The minimum atomic E-state index is -4.32. The van der Waals surface area contributed by atoms with Crippen LogP contribution >= 0.6 is 0 Å².